The highest BCUT2D eigenvalue weighted by Crippen LogP contribution is 2.11. The van der Waals surface area contributed by atoms with Gasteiger partial charge in [0, 0.05) is 12.5 Å². The molecule has 0 spiro atoms. The lowest BCUT2D eigenvalue weighted by molar-refractivity contribution is -0.128. The first-order chi connectivity index (χ1) is 9.85. The van der Waals surface area contributed by atoms with Gasteiger partial charge in [-0.1, -0.05) is 13.0 Å². The molecule has 0 saturated carbocycles. The Labute approximate surface area is 120 Å². The molecule has 0 aliphatic rings. The molecule has 0 bridgehead atoms. The van der Waals surface area contributed by atoms with Crippen molar-refractivity contribution in [3.8, 4) is 6.07 Å². The molecule has 2 atom stereocenters. The van der Waals surface area contributed by atoms with E-state index in [-0.39, 0.29) is 18.4 Å². The molecule has 0 heterocycles. The molecule has 7 heteroatoms. The largest absolute Gasteiger partial charge is 0.368 e. The van der Waals surface area contributed by atoms with Crippen LogP contribution in [0.15, 0.2) is 18.2 Å². The zero-order valence-corrected chi connectivity index (χ0v) is 11.4. The van der Waals surface area contributed by atoms with Crippen molar-refractivity contribution in [2.75, 3.05) is 0 Å². The summed E-state index contributed by atoms with van der Waals surface area (Å²) < 4.78 is 26.2. The molecule has 5 nitrogen and oxygen atoms in total. The summed E-state index contributed by atoms with van der Waals surface area (Å²) in [6, 6.07) is 3.73. The van der Waals surface area contributed by atoms with Gasteiger partial charge in [0.1, 0.15) is 17.7 Å². The fourth-order valence-corrected chi connectivity index (χ4v) is 1.82. The Hall–Kier alpha value is -2.49. The predicted molar refractivity (Wildman–Crippen MR) is 70.6 cm³/mol. The van der Waals surface area contributed by atoms with Crippen LogP contribution in [-0.4, -0.2) is 17.9 Å². The van der Waals surface area contributed by atoms with E-state index in [1.807, 2.05) is 6.07 Å². The quantitative estimate of drug-likeness (QED) is 0.820. The Morgan fingerprint density at radius 2 is 2.10 bits per heavy atom. The number of hydrogen-bond donors (Lipinski definition) is 2. The molecule has 1 aromatic rings. The Bertz CT molecular complexity index is 584. The first kappa shape index (κ1) is 16.6. The molecule has 112 valence electrons. The highest BCUT2D eigenvalue weighted by atomic mass is 19.1. The smallest absolute Gasteiger partial charge is 0.240 e. The summed E-state index contributed by atoms with van der Waals surface area (Å²) in [6.45, 7) is 1.59. The molecular formula is C14H15F2N3O2. The summed E-state index contributed by atoms with van der Waals surface area (Å²) in [5.41, 5.74) is 5.18. The Morgan fingerprint density at radius 3 is 2.62 bits per heavy atom. The molecule has 0 aliphatic heterocycles. The molecule has 0 aromatic heterocycles. The first-order valence-corrected chi connectivity index (χ1v) is 6.24. The van der Waals surface area contributed by atoms with Crippen LogP contribution in [0.5, 0.6) is 0 Å². The molecule has 21 heavy (non-hydrogen) atoms. The number of nitrogens with zero attached hydrogens (tertiary/aromatic N) is 1. The number of nitrogens with two attached hydrogens (primary N) is 1. The Morgan fingerprint density at radius 1 is 1.43 bits per heavy atom. The second kappa shape index (κ2) is 7.33. The number of halogens is 2. The predicted octanol–water partition coefficient (Wildman–Crippen LogP) is 1.03. The van der Waals surface area contributed by atoms with Gasteiger partial charge in [-0.2, -0.15) is 5.26 Å². The van der Waals surface area contributed by atoms with E-state index in [9.17, 15) is 18.4 Å². The fraction of sp³-hybridized carbons (Fsp3) is 0.357. The molecule has 2 amide bonds. The van der Waals surface area contributed by atoms with E-state index in [0.717, 1.165) is 12.1 Å². The number of nitriles is 1. The van der Waals surface area contributed by atoms with Gasteiger partial charge in [-0.05, 0) is 17.5 Å². The summed E-state index contributed by atoms with van der Waals surface area (Å²) in [4.78, 5) is 23.1. The molecule has 0 fully saturated rings. The minimum Gasteiger partial charge on any atom is -0.368 e. The number of amides is 2. The Kier molecular flexibility index (Phi) is 5.79. The lowest BCUT2D eigenvalue weighted by Crippen LogP contribution is -2.48. The van der Waals surface area contributed by atoms with Gasteiger partial charge in [0.15, 0.2) is 0 Å². The van der Waals surface area contributed by atoms with Crippen LogP contribution in [0.3, 0.4) is 0 Å². The molecular weight excluding hydrogens is 280 g/mol. The zero-order valence-electron chi connectivity index (χ0n) is 11.4. The van der Waals surface area contributed by atoms with Crippen LogP contribution in [0.4, 0.5) is 8.78 Å². The average Bonchev–Trinajstić information content (AvgIpc) is 2.39. The van der Waals surface area contributed by atoms with Gasteiger partial charge in [-0.3, -0.25) is 9.59 Å². The van der Waals surface area contributed by atoms with E-state index < -0.39 is 35.4 Å². The van der Waals surface area contributed by atoms with E-state index in [2.05, 4.69) is 5.32 Å². The molecule has 1 rings (SSSR count). The van der Waals surface area contributed by atoms with Crippen LogP contribution in [0.1, 0.15) is 18.9 Å². The lowest BCUT2D eigenvalue weighted by Gasteiger charge is -2.20. The van der Waals surface area contributed by atoms with Crippen LogP contribution in [0.25, 0.3) is 0 Å². The van der Waals surface area contributed by atoms with Crippen molar-refractivity contribution in [3.63, 3.8) is 0 Å². The number of benzene rings is 1. The van der Waals surface area contributed by atoms with Gasteiger partial charge in [0.2, 0.25) is 11.8 Å². The average molecular weight is 295 g/mol. The monoisotopic (exact) mass is 295 g/mol. The molecule has 3 N–H and O–H groups in total. The molecule has 0 saturated heterocycles. The number of carbonyl (C=O) groups is 2. The van der Waals surface area contributed by atoms with Gasteiger partial charge in [0.25, 0.3) is 0 Å². The molecule has 0 radical (unpaired) electrons. The van der Waals surface area contributed by atoms with Crippen molar-refractivity contribution in [3.05, 3.63) is 35.4 Å². The van der Waals surface area contributed by atoms with Gasteiger partial charge in [-0.25, -0.2) is 8.78 Å². The zero-order chi connectivity index (χ0) is 16.0. The molecule has 1 aromatic carbocycles. The molecule has 0 unspecified atom stereocenters. The number of carbonyl (C=O) groups excluding carboxylic acids is 2. The van der Waals surface area contributed by atoms with Crippen LogP contribution in [-0.2, 0) is 16.0 Å². The van der Waals surface area contributed by atoms with Gasteiger partial charge in [-0.15, -0.1) is 0 Å². The Balaban J connectivity index is 2.74. The highest BCUT2D eigenvalue weighted by Gasteiger charge is 2.25. The lowest BCUT2D eigenvalue weighted by atomic mass is 9.98. The van der Waals surface area contributed by atoms with Gasteiger partial charge < -0.3 is 11.1 Å². The maximum absolute atomic E-state index is 13.4. The first-order valence-electron chi connectivity index (χ1n) is 6.24. The maximum Gasteiger partial charge on any atom is 0.240 e. The third-order valence-electron chi connectivity index (χ3n) is 2.97. The van der Waals surface area contributed by atoms with Crippen LogP contribution in [0, 0.1) is 28.9 Å². The van der Waals surface area contributed by atoms with E-state index in [1.165, 1.54) is 0 Å². The number of nitrogens with one attached hydrogen (secondary N) is 1. The molecule has 0 aliphatic carbocycles. The highest BCUT2D eigenvalue weighted by molar-refractivity contribution is 5.87. The van der Waals surface area contributed by atoms with Crippen molar-refractivity contribution in [1.29, 1.82) is 5.26 Å². The van der Waals surface area contributed by atoms with Gasteiger partial charge in [0.05, 0.1) is 12.5 Å². The minimum atomic E-state index is -1.01. The van der Waals surface area contributed by atoms with Gasteiger partial charge >= 0.3 is 0 Å². The summed E-state index contributed by atoms with van der Waals surface area (Å²) in [5, 5.41) is 11.0. The van der Waals surface area contributed by atoms with Crippen LogP contribution in [0.2, 0.25) is 0 Å². The van der Waals surface area contributed by atoms with Crippen molar-refractivity contribution in [1.82, 2.24) is 5.32 Å². The van der Waals surface area contributed by atoms with Crippen molar-refractivity contribution in [2.24, 2.45) is 11.7 Å². The summed E-state index contributed by atoms with van der Waals surface area (Å²) in [5.74, 6) is -3.45. The number of rotatable bonds is 6. The third kappa shape index (κ3) is 4.84. The topological polar surface area (TPSA) is 96.0 Å². The van der Waals surface area contributed by atoms with Crippen LogP contribution < -0.4 is 11.1 Å². The minimum absolute atomic E-state index is 0.00468. The second-order valence-corrected chi connectivity index (χ2v) is 4.70. The van der Waals surface area contributed by atoms with Crippen molar-refractivity contribution >= 4 is 11.8 Å². The van der Waals surface area contributed by atoms with E-state index in [1.54, 1.807) is 6.92 Å². The third-order valence-corrected chi connectivity index (χ3v) is 2.97. The number of hydrogen-bond acceptors (Lipinski definition) is 3. The van der Waals surface area contributed by atoms with E-state index in [4.69, 9.17) is 11.0 Å². The standard InChI is InChI=1S/C14H15F2N3O2/c1-8(4-5-17)13(14(18)21)19-12(20)6-9-2-3-10(15)7-11(9)16/h2-3,7-8,13H,4,6H2,1H3,(H2,18,21)(H,19,20)/t8-,13-/m0/s1. The van der Waals surface area contributed by atoms with Crippen molar-refractivity contribution in [2.45, 2.75) is 25.8 Å². The summed E-state index contributed by atoms with van der Waals surface area (Å²) in [7, 11) is 0. The van der Waals surface area contributed by atoms with E-state index >= 15 is 0 Å². The second-order valence-electron chi connectivity index (χ2n) is 4.70. The fourth-order valence-electron chi connectivity index (χ4n) is 1.82. The normalized spacial score (nSPS) is 13.0. The SMILES string of the molecule is C[C@@H](CC#N)[C@H](NC(=O)Cc1ccc(F)cc1F)C(N)=O. The maximum atomic E-state index is 13.4. The summed E-state index contributed by atoms with van der Waals surface area (Å²) >= 11 is 0. The van der Waals surface area contributed by atoms with Crippen molar-refractivity contribution < 1.29 is 18.4 Å². The van der Waals surface area contributed by atoms with E-state index in [0.29, 0.717) is 6.07 Å². The van der Waals surface area contributed by atoms with Crippen LogP contribution >= 0.6 is 0 Å². The summed E-state index contributed by atoms with van der Waals surface area (Å²) in [6.07, 6.45) is -0.312. The number of primary amides is 1.